The van der Waals surface area contributed by atoms with Crippen LogP contribution in [-0.4, -0.2) is 22.1 Å². The predicted octanol–water partition coefficient (Wildman–Crippen LogP) is 6.41. The molecule has 146 valence electrons. The Kier molecular flexibility index (Phi) is 6.70. The third-order valence-corrected chi connectivity index (χ3v) is 6.05. The lowest BCUT2D eigenvalue weighted by molar-refractivity contribution is -0.124. The molecule has 4 nitrogen and oxygen atoms in total. The molecule has 1 atom stereocenters. The van der Waals surface area contributed by atoms with Gasteiger partial charge in [-0.2, -0.15) is 0 Å². The third kappa shape index (κ3) is 4.72. The molecule has 3 rings (SSSR count). The van der Waals surface area contributed by atoms with E-state index in [4.69, 9.17) is 27.9 Å². The minimum Gasteiger partial charge on any atom is -0.489 e. The Labute approximate surface area is 178 Å². The van der Waals surface area contributed by atoms with Crippen molar-refractivity contribution in [2.75, 3.05) is 0 Å². The van der Waals surface area contributed by atoms with Crippen molar-refractivity contribution in [2.45, 2.75) is 32.9 Å². The van der Waals surface area contributed by atoms with Crippen LogP contribution >= 0.6 is 35.0 Å². The van der Waals surface area contributed by atoms with E-state index in [1.165, 1.54) is 4.90 Å². The molecule has 0 spiro atoms. The smallest absolute Gasteiger partial charge is 0.293 e. The van der Waals surface area contributed by atoms with Gasteiger partial charge in [0.25, 0.3) is 11.1 Å². The summed E-state index contributed by atoms with van der Waals surface area (Å²) in [5.74, 6) is 0.459. The summed E-state index contributed by atoms with van der Waals surface area (Å²) in [7, 11) is 0. The van der Waals surface area contributed by atoms with Gasteiger partial charge in [0.1, 0.15) is 12.4 Å². The van der Waals surface area contributed by atoms with Gasteiger partial charge in [-0.3, -0.25) is 14.5 Å². The van der Waals surface area contributed by atoms with Crippen molar-refractivity contribution in [3.05, 3.63) is 68.5 Å². The minimum absolute atomic E-state index is 0.101. The quantitative estimate of drug-likeness (QED) is 0.491. The van der Waals surface area contributed by atoms with Crippen molar-refractivity contribution >= 4 is 52.2 Å². The van der Waals surface area contributed by atoms with E-state index in [1.54, 1.807) is 18.2 Å². The summed E-state index contributed by atoms with van der Waals surface area (Å²) in [6.07, 6.45) is 2.46. The van der Waals surface area contributed by atoms with Crippen molar-refractivity contribution in [1.29, 1.82) is 0 Å². The molecule has 2 aromatic carbocycles. The molecule has 1 aliphatic heterocycles. The Balaban J connectivity index is 1.66. The van der Waals surface area contributed by atoms with Crippen molar-refractivity contribution in [3.8, 4) is 5.75 Å². The third-order valence-electron chi connectivity index (χ3n) is 4.42. The number of imide groups is 1. The first kappa shape index (κ1) is 20.8. The molecule has 2 amide bonds. The average molecular weight is 436 g/mol. The molecule has 0 aromatic heterocycles. The van der Waals surface area contributed by atoms with E-state index in [2.05, 4.69) is 0 Å². The molecule has 7 heteroatoms. The number of thioether (sulfide) groups is 1. The molecular weight excluding hydrogens is 417 g/mol. The molecule has 2 aromatic rings. The Bertz CT molecular complexity index is 928. The highest BCUT2D eigenvalue weighted by Crippen LogP contribution is 2.34. The molecule has 0 saturated carbocycles. The zero-order valence-electron chi connectivity index (χ0n) is 15.4. The summed E-state index contributed by atoms with van der Waals surface area (Å²) in [4.78, 5) is 26.3. The van der Waals surface area contributed by atoms with Crippen LogP contribution in [0.3, 0.4) is 0 Å². The number of ether oxygens (including phenoxy) is 1. The molecule has 0 radical (unpaired) electrons. The summed E-state index contributed by atoms with van der Waals surface area (Å²) in [5.41, 5.74) is 1.74. The van der Waals surface area contributed by atoms with E-state index in [1.807, 2.05) is 44.2 Å². The van der Waals surface area contributed by atoms with Gasteiger partial charge in [-0.15, -0.1) is 0 Å². The van der Waals surface area contributed by atoms with Gasteiger partial charge >= 0.3 is 0 Å². The molecule has 1 heterocycles. The second-order valence-electron chi connectivity index (χ2n) is 6.42. The number of halogens is 2. The first-order valence-electron chi connectivity index (χ1n) is 8.83. The monoisotopic (exact) mass is 435 g/mol. The van der Waals surface area contributed by atoms with Crippen LogP contribution in [0.2, 0.25) is 10.0 Å². The van der Waals surface area contributed by atoms with Gasteiger partial charge in [-0.25, -0.2) is 0 Å². The largest absolute Gasteiger partial charge is 0.489 e. The highest BCUT2D eigenvalue weighted by Gasteiger charge is 2.37. The summed E-state index contributed by atoms with van der Waals surface area (Å²) in [5, 5.41) is 0.782. The molecule has 1 aliphatic rings. The second-order valence-corrected chi connectivity index (χ2v) is 8.22. The number of carbonyl (C=O) groups is 2. The Morgan fingerprint density at radius 1 is 1.11 bits per heavy atom. The zero-order valence-corrected chi connectivity index (χ0v) is 17.8. The second kappa shape index (κ2) is 9.03. The highest BCUT2D eigenvalue weighted by atomic mass is 35.5. The highest BCUT2D eigenvalue weighted by molar-refractivity contribution is 8.18. The van der Waals surface area contributed by atoms with Crippen molar-refractivity contribution in [1.82, 2.24) is 4.90 Å². The fraction of sp³-hybridized carbons (Fsp3) is 0.238. The van der Waals surface area contributed by atoms with Gasteiger partial charge in [0.15, 0.2) is 0 Å². The molecule has 1 fully saturated rings. The van der Waals surface area contributed by atoms with Crippen molar-refractivity contribution in [2.24, 2.45) is 0 Å². The Hall–Kier alpha value is -1.95. The standard InChI is InChI=1S/C21H19Cl2NO3S/c1-3-13(2)24-20(25)19(28-21(24)26)11-14-4-7-16(8-5-14)27-12-15-6-9-17(22)18(23)10-15/h4-11,13H,3,12H2,1-2H3/b19-11+/t13-/m0/s1. The molecule has 1 saturated heterocycles. The number of benzene rings is 2. The van der Waals surface area contributed by atoms with E-state index in [-0.39, 0.29) is 17.2 Å². The summed E-state index contributed by atoms with van der Waals surface area (Å²) < 4.78 is 5.76. The fourth-order valence-corrected chi connectivity index (χ4v) is 3.90. The number of rotatable bonds is 6. The Morgan fingerprint density at radius 2 is 1.82 bits per heavy atom. The molecule has 0 unspecified atom stereocenters. The van der Waals surface area contributed by atoms with Crippen LogP contribution in [0.15, 0.2) is 47.4 Å². The van der Waals surface area contributed by atoms with Gasteiger partial charge in [0, 0.05) is 6.04 Å². The molecule has 0 N–H and O–H groups in total. The first-order chi connectivity index (χ1) is 13.4. The maximum atomic E-state index is 12.5. The molecule has 0 aliphatic carbocycles. The number of hydrogen-bond donors (Lipinski definition) is 0. The summed E-state index contributed by atoms with van der Waals surface area (Å²) in [6.45, 7) is 4.19. The lowest BCUT2D eigenvalue weighted by Gasteiger charge is -2.19. The summed E-state index contributed by atoms with van der Waals surface area (Å²) >= 11 is 12.9. The molecular formula is C21H19Cl2NO3S. The fourth-order valence-electron chi connectivity index (χ4n) is 2.65. The lowest BCUT2D eigenvalue weighted by atomic mass is 10.2. The van der Waals surface area contributed by atoms with Crippen LogP contribution in [0.4, 0.5) is 4.79 Å². The number of hydrogen-bond acceptors (Lipinski definition) is 4. The number of amides is 2. The van der Waals surface area contributed by atoms with Crippen LogP contribution in [0.1, 0.15) is 31.4 Å². The normalized spacial score (nSPS) is 16.7. The van der Waals surface area contributed by atoms with Crippen LogP contribution in [0, 0.1) is 0 Å². The van der Waals surface area contributed by atoms with E-state index in [0.717, 1.165) is 29.3 Å². The summed E-state index contributed by atoms with van der Waals surface area (Å²) in [6, 6.07) is 12.6. The van der Waals surface area contributed by atoms with Gasteiger partial charge in [-0.1, -0.05) is 48.3 Å². The lowest BCUT2D eigenvalue weighted by Crippen LogP contribution is -2.36. The SMILES string of the molecule is CC[C@H](C)N1C(=O)S/C(=C/c2ccc(OCc3ccc(Cl)c(Cl)c3)cc2)C1=O. The Morgan fingerprint density at radius 3 is 2.46 bits per heavy atom. The van der Waals surface area contributed by atoms with Gasteiger partial charge in [0.05, 0.1) is 15.0 Å². The van der Waals surface area contributed by atoms with E-state index in [9.17, 15) is 9.59 Å². The van der Waals surface area contributed by atoms with E-state index < -0.39 is 0 Å². The van der Waals surface area contributed by atoms with E-state index >= 15 is 0 Å². The number of carbonyl (C=O) groups excluding carboxylic acids is 2. The van der Waals surface area contributed by atoms with E-state index in [0.29, 0.717) is 27.3 Å². The van der Waals surface area contributed by atoms with Crippen molar-refractivity contribution in [3.63, 3.8) is 0 Å². The molecule has 0 bridgehead atoms. The number of nitrogens with zero attached hydrogens (tertiary/aromatic N) is 1. The zero-order chi connectivity index (χ0) is 20.3. The van der Waals surface area contributed by atoms with Crippen LogP contribution in [0.5, 0.6) is 5.75 Å². The van der Waals surface area contributed by atoms with Gasteiger partial charge in [-0.05, 0) is 66.6 Å². The predicted molar refractivity (Wildman–Crippen MR) is 115 cm³/mol. The van der Waals surface area contributed by atoms with Gasteiger partial charge in [0.2, 0.25) is 0 Å². The van der Waals surface area contributed by atoms with Gasteiger partial charge < -0.3 is 4.74 Å². The van der Waals surface area contributed by atoms with Crippen LogP contribution in [0.25, 0.3) is 6.08 Å². The van der Waals surface area contributed by atoms with Crippen LogP contribution in [-0.2, 0) is 11.4 Å². The maximum Gasteiger partial charge on any atom is 0.293 e. The average Bonchev–Trinajstić information content (AvgIpc) is 2.96. The minimum atomic E-state index is -0.232. The molecule has 28 heavy (non-hydrogen) atoms. The topological polar surface area (TPSA) is 46.6 Å². The maximum absolute atomic E-state index is 12.5. The van der Waals surface area contributed by atoms with Crippen molar-refractivity contribution < 1.29 is 14.3 Å². The van der Waals surface area contributed by atoms with Crippen LogP contribution < -0.4 is 4.74 Å². The first-order valence-corrected chi connectivity index (χ1v) is 10.4.